The number of aryl methyl sites for hydroxylation is 1. The van der Waals surface area contributed by atoms with Gasteiger partial charge < -0.3 is 9.84 Å². The third-order valence-electron chi connectivity index (χ3n) is 6.67. The molecule has 178 valence electrons. The molecule has 0 spiro atoms. The van der Waals surface area contributed by atoms with E-state index in [1.807, 2.05) is 6.92 Å². The molecule has 0 bridgehead atoms. The van der Waals surface area contributed by atoms with Gasteiger partial charge >= 0.3 is 0 Å². The second-order valence-electron chi connectivity index (χ2n) is 9.21. The molecular formula is C24H31FN4O4. The van der Waals surface area contributed by atoms with E-state index in [0.717, 1.165) is 25.0 Å². The van der Waals surface area contributed by atoms with Crippen molar-refractivity contribution < 1.29 is 23.8 Å². The Morgan fingerprint density at radius 1 is 1.30 bits per heavy atom. The molecule has 1 aliphatic heterocycles. The molecule has 8 nitrogen and oxygen atoms in total. The van der Waals surface area contributed by atoms with Gasteiger partial charge in [-0.2, -0.15) is 0 Å². The summed E-state index contributed by atoms with van der Waals surface area (Å²) < 4.78 is 21.6. The SMILES string of the molecule is CCC(O)(Cn1nncc1CCCC1CCC(=O)NC1=O)c1ccc(F)c(OCC2CC2)c1. The number of aromatic nitrogens is 3. The summed E-state index contributed by atoms with van der Waals surface area (Å²) in [7, 11) is 0. The highest BCUT2D eigenvalue weighted by molar-refractivity contribution is 5.98. The zero-order valence-electron chi connectivity index (χ0n) is 18.9. The maximum Gasteiger partial charge on any atom is 0.229 e. The molecule has 1 aromatic heterocycles. The van der Waals surface area contributed by atoms with Crippen molar-refractivity contribution in [3.8, 4) is 5.75 Å². The van der Waals surface area contributed by atoms with E-state index in [-0.39, 0.29) is 30.0 Å². The second kappa shape index (κ2) is 9.99. The number of amides is 2. The maximum absolute atomic E-state index is 14.2. The number of carbonyl (C=O) groups is 2. The molecule has 2 N–H and O–H groups in total. The number of ether oxygens (including phenoxy) is 1. The van der Waals surface area contributed by atoms with Crippen molar-refractivity contribution in [3.05, 3.63) is 41.5 Å². The zero-order valence-corrected chi connectivity index (χ0v) is 18.9. The van der Waals surface area contributed by atoms with Crippen molar-refractivity contribution in [1.29, 1.82) is 0 Å². The first-order valence-corrected chi connectivity index (χ1v) is 11.7. The molecule has 2 aromatic rings. The van der Waals surface area contributed by atoms with Crippen LogP contribution in [-0.4, -0.2) is 38.5 Å². The Bertz CT molecular complexity index is 1010. The molecule has 9 heteroatoms. The van der Waals surface area contributed by atoms with E-state index in [9.17, 15) is 19.1 Å². The van der Waals surface area contributed by atoms with E-state index in [1.165, 1.54) is 6.07 Å². The molecule has 2 atom stereocenters. The summed E-state index contributed by atoms with van der Waals surface area (Å²) in [5.74, 6) is -0.348. The molecule has 33 heavy (non-hydrogen) atoms. The van der Waals surface area contributed by atoms with Crippen molar-refractivity contribution in [2.24, 2.45) is 11.8 Å². The van der Waals surface area contributed by atoms with Crippen molar-refractivity contribution in [3.63, 3.8) is 0 Å². The molecule has 4 rings (SSSR count). The number of hydrogen-bond donors (Lipinski definition) is 2. The minimum atomic E-state index is -1.27. The number of hydrogen-bond acceptors (Lipinski definition) is 6. The van der Waals surface area contributed by atoms with Crippen LogP contribution in [0.4, 0.5) is 4.39 Å². The Labute approximate surface area is 192 Å². The minimum absolute atomic E-state index is 0.159. The summed E-state index contributed by atoms with van der Waals surface area (Å²) in [6.45, 7) is 2.53. The fourth-order valence-corrected chi connectivity index (χ4v) is 4.20. The van der Waals surface area contributed by atoms with Crippen LogP contribution < -0.4 is 10.1 Å². The number of aliphatic hydroxyl groups is 1. The van der Waals surface area contributed by atoms with Gasteiger partial charge in [0.25, 0.3) is 0 Å². The van der Waals surface area contributed by atoms with E-state index in [1.54, 1.807) is 23.0 Å². The molecule has 1 saturated heterocycles. The zero-order chi connectivity index (χ0) is 23.4. The third-order valence-corrected chi connectivity index (χ3v) is 6.67. The van der Waals surface area contributed by atoms with Crippen LogP contribution >= 0.6 is 0 Å². The van der Waals surface area contributed by atoms with E-state index >= 15 is 0 Å². The van der Waals surface area contributed by atoms with Gasteiger partial charge in [-0.15, -0.1) is 5.10 Å². The average Bonchev–Trinajstić information content (AvgIpc) is 3.53. The number of rotatable bonds is 11. The van der Waals surface area contributed by atoms with Gasteiger partial charge in [0.05, 0.1) is 25.0 Å². The van der Waals surface area contributed by atoms with Gasteiger partial charge in [0.15, 0.2) is 11.6 Å². The third kappa shape index (κ3) is 5.76. The normalized spacial score (nSPS) is 20.4. The van der Waals surface area contributed by atoms with Crippen molar-refractivity contribution in [2.75, 3.05) is 6.61 Å². The van der Waals surface area contributed by atoms with Crippen LogP contribution in [0, 0.1) is 17.7 Å². The Morgan fingerprint density at radius 2 is 2.12 bits per heavy atom. The van der Waals surface area contributed by atoms with Gasteiger partial charge in [0, 0.05) is 12.3 Å². The quantitative estimate of drug-likeness (QED) is 0.502. The molecule has 2 fully saturated rings. The summed E-state index contributed by atoms with van der Waals surface area (Å²) in [5, 5.41) is 22.0. The first kappa shape index (κ1) is 23.4. The van der Waals surface area contributed by atoms with Crippen LogP contribution in [-0.2, 0) is 28.2 Å². The maximum atomic E-state index is 14.2. The highest BCUT2D eigenvalue weighted by Crippen LogP contribution is 2.34. The second-order valence-corrected chi connectivity index (χ2v) is 9.21. The van der Waals surface area contributed by atoms with Crippen LogP contribution in [0.15, 0.2) is 24.4 Å². The molecule has 1 aromatic carbocycles. The fraction of sp³-hybridized carbons (Fsp3) is 0.583. The highest BCUT2D eigenvalue weighted by Gasteiger charge is 2.31. The molecule has 1 aliphatic carbocycles. The number of benzene rings is 1. The topological polar surface area (TPSA) is 106 Å². The lowest BCUT2D eigenvalue weighted by Gasteiger charge is -2.28. The summed E-state index contributed by atoms with van der Waals surface area (Å²) >= 11 is 0. The predicted octanol–water partition coefficient (Wildman–Crippen LogP) is 2.88. The lowest BCUT2D eigenvalue weighted by atomic mass is 9.90. The smallest absolute Gasteiger partial charge is 0.229 e. The Hall–Kier alpha value is -2.81. The number of nitrogens with zero attached hydrogens (tertiary/aromatic N) is 3. The van der Waals surface area contributed by atoms with Gasteiger partial charge in [-0.1, -0.05) is 18.2 Å². The number of imide groups is 1. The van der Waals surface area contributed by atoms with Crippen molar-refractivity contribution in [1.82, 2.24) is 20.3 Å². The minimum Gasteiger partial charge on any atom is -0.490 e. The van der Waals surface area contributed by atoms with E-state index < -0.39 is 11.4 Å². The van der Waals surface area contributed by atoms with Gasteiger partial charge in [-0.3, -0.25) is 14.9 Å². The Kier molecular flexibility index (Phi) is 7.07. The van der Waals surface area contributed by atoms with Gasteiger partial charge in [-0.05, 0) is 68.6 Å². The lowest BCUT2D eigenvalue weighted by molar-refractivity contribution is -0.136. The number of piperidine rings is 1. The van der Waals surface area contributed by atoms with Crippen LogP contribution in [0.1, 0.15) is 63.1 Å². The van der Waals surface area contributed by atoms with E-state index in [4.69, 9.17) is 4.74 Å². The molecule has 1 saturated carbocycles. The summed E-state index contributed by atoms with van der Waals surface area (Å²) in [6, 6.07) is 4.50. The Balaban J connectivity index is 1.40. The predicted molar refractivity (Wildman–Crippen MR) is 118 cm³/mol. The first-order chi connectivity index (χ1) is 15.9. The fourth-order valence-electron chi connectivity index (χ4n) is 4.20. The highest BCUT2D eigenvalue weighted by atomic mass is 19.1. The largest absolute Gasteiger partial charge is 0.490 e. The average molecular weight is 459 g/mol. The summed E-state index contributed by atoms with van der Waals surface area (Å²) in [5.41, 5.74) is 0.154. The van der Waals surface area contributed by atoms with Crippen molar-refractivity contribution >= 4 is 11.8 Å². The van der Waals surface area contributed by atoms with Gasteiger partial charge in [0.1, 0.15) is 5.60 Å². The van der Waals surface area contributed by atoms with Crippen LogP contribution in [0.25, 0.3) is 0 Å². The summed E-state index contributed by atoms with van der Waals surface area (Å²) in [6.07, 6.45) is 7.28. The van der Waals surface area contributed by atoms with Crippen molar-refractivity contribution in [2.45, 2.75) is 70.4 Å². The molecule has 0 radical (unpaired) electrons. The summed E-state index contributed by atoms with van der Waals surface area (Å²) in [4.78, 5) is 23.3. The number of nitrogens with one attached hydrogen (secondary N) is 1. The first-order valence-electron chi connectivity index (χ1n) is 11.7. The van der Waals surface area contributed by atoms with Crippen LogP contribution in [0.5, 0.6) is 5.75 Å². The van der Waals surface area contributed by atoms with E-state index in [2.05, 4.69) is 15.6 Å². The number of carbonyl (C=O) groups excluding carboxylic acids is 2. The van der Waals surface area contributed by atoms with Crippen LogP contribution in [0.3, 0.4) is 0 Å². The monoisotopic (exact) mass is 458 g/mol. The molecule has 2 unspecified atom stereocenters. The van der Waals surface area contributed by atoms with Crippen LogP contribution in [0.2, 0.25) is 0 Å². The molecule has 2 amide bonds. The molecule has 2 aliphatic rings. The van der Waals surface area contributed by atoms with Gasteiger partial charge in [0.2, 0.25) is 11.8 Å². The Morgan fingerprint density at radius 3 is 2.85 bits per heavy atom. The van der Waals surface area contributed by atoms with Gasteiger partial charge in [-0.25, -0.2) is 9.07 Å². The van der Waals surface area contributed by atoms with E-state index in [0.29, 0.717) is 50.2 Å². The molecule has 2 heterocycles. The number of halogens is 1. The standard InChI is InChI=1S/C24H31FN4O4/c1-2-24(32,18-9-10-20(25)21(12-18)33-14-16-6-7-16)15-29-19(13-26-28-29)5-3-4-17-8-11-22(30)27-23(17)31/h9-10,12-13,16-17,32H,2-8,11,14-15H2,1H3,(H,27,30,31). The molecular weight excluding hydrogens is 427 g/mol. The lowest BCUT2D eigenvalue weighted by Crippen LogP contribution is -2.40.